The molecule has 0 unspecified atom stereocenters. The number of hydrogen-bond acceptors (Lipinski definition) is 3. The fraction of sp³-hybridized carbons (Fsp3) is 0. The Hall–Kier alpha value is -0.860. The molecule has 5 heteroatoms. The Kier molecular flexibility index (Phi) is 2.63. The summed E-state index contributed by atoms with van der Waals surface area (Å²) in [4.78, 5) is 10.9. The van der Waals surface area contributed by atoms with Crippen LogP contribution in [0.1, 0.15) is 10.4 Å². The van der Waals surface area contributed by atoms with Crippen LogP contribution < -0.4 is 5.32 Å². The second kappa shape index (κ2) is 3.51. The summed E-state index contributed by atoms with van der Waals surface area (Å²) >= 11 is 4.61. The Labute approximate surface area is 75.8 Å². The van der Waals surface area contributed by atoms with E-state index in [4.69, 9.17) is 5.26 Å². The highest BCUT2D eigenvalue weighted by atomic mass is 79.9. The molecule has 0 aliphatic carbocycles. The van der Waals surface area contributed by atoms with Crippen LogP contribution in [-0.4, -0.2) is 5.91 Å². The summed E-state index contributed by atoms with van der Waals surface area (Å²) in [6, 6.07) is 1.66. The van der Waals surface area contributed by atoms with Gasteiger partial charge in [0.05, 0.1) is 9.35 Å². The van der Waals surface area contributed by atoms with Crippen molar-refractivity contribution >= 4 is 33.2 Å². The van der Waals surface area contributed by atoms with Gasteiger partial charge < -0.3 is 0 Å². The summed E-state index contributed by atoms with van der Waals surface area (Å²) in [5.74, 6) is -0.366. The van der Waals surface area contributed by atoms with Crippen molar-refractivity contribution < 1.29 is 4.79 Å². The molecule has 1 aromatic rings. The van der Waals surface area contributed by atoms with Gasteiger partial charge in [-0.2, -0.15) is 5.26 Å². The highest BCUT2D eigenvalue weighted by Gasteiger charge is 2.05. The van der Waals surface area contributed by atoms with Gasteiger partial charge in [-0.15, -0.1) is 11.3 Å². The van der Waals surface area contributed by atoms with Crippen molar-refractivity contribution in [2.45, 2.75) is 0 Å². The smallest absolute Gasteiger partial charge is 0.265 e. The minimum absolute atomic E-state index is 0.366. The lowest BCUT2D eigenvalue weighted by Gasteiger charge is -1.88. The van der Waals surface area contributed by atoms with Gasteiger partial charge in [-0.25, -0.2) is 0 Å². The van der Waals surface area contributed by atoms with Crippen LogP contribution >= 0.6 is 27.3 Å². The number of halogens is 1. The van der Waals surface area contributed by atoms with Crippen LogP contribution in [-0.2, 0) is 0 Å². The molecule has 3 nitrogen and oxygen atoms in total. The number of nitrogens with one attached hydrogen (secondary N) is 1. The molecular formula is C6H3BrN2OS. The van der Waals surface area contributed by atoms with E-state index in [1.807, 2.05) is 5.32 Å². The van der Waals surface area contributed by atoms with Gasteiger partial charge in [0.2, 0.25) is 0 Å². The van der Waals surface area contributed by atoms with E-state index < -0.39 is 0 Å². The van der Waals surface area contributed by atoms with Crippen molar-refractivity contribution in [2.75, 3.05) is 0 Å². The summed E-state index contributed by atoms with van der Waals surface area (Å²) in [5, 5.41) is 11.8. The van der Waals surface area contributed by atoms with Gasteiger partial charge in [0.25, 0.3) is 5.91 Å². The Balaban J connectivity index is 2.78. The molecule has 0 atom stereocenters. The fourth-order valence-electron chi connectivity index (χ4n) is 0.552. The molecule has 0 saturated carbocycles. The topological polar surface area (TPSA) is 52.9 Å². The van der Waals surface area contributed by atoms with E-state index in [2.05, 4.69) is 15.9 Å². The molecule has 0 radical (unpaired) electrons. The number of carbonyl (C=O) groups excluding carboxylic acids is 1. The maximum absolute atomic E-state index is 10.9. The van der Waals surface area contributed by atoms with Gasteiger partial charge in [-0.05, 0) is 22.0 Å². The summed E-state index contributed by atoms with van der Waals surface area (Å²) in [5.41, 5.74) is 0.503. The van der Waals surface area contributed by atoms with Crippen LogP contribution in [0.3, 0.4) is 0 Å². The third-order valence-electron chi connectivity index (χ3n) is 0.999. The maximum atomic E-state index is 10.9. The van der Waals surface area contributed by atoms with E-state index in [1.165, 1.54) is 11.3 Å². The first-order chi connectivity index (χ1) is 5.24. The van der Waals surface area contributed by atoms with Crippen LogP contribution in [0.5, 0.6) is 0 Å². The van der Waals surface area contributed by atoms with E-state index >= 15 is 0 Å². The van der Waals surface area contributed by atoms with E-state index in [9.17, 15) is 4.79 Å². The molecular weight excluding hydrogens is 228 g/mol. The summed E-state index contributed by atoms with van der Waals surface area (Å²) in [6.45, 7) is 0. The number of nitriles is 1. The molecule has 11 heavy (non-hydrogen) atoms. The largest absolute Gasteiger partial charge is 0.268 e. The van der Waals surface area contributed by atoms with Crippen molar-refractivity contribution in [3.05, 3.63) is 20.8 Å². The molecule has 0 aliphatic heterocycles. The summed E-state index contributed by atoms with van der Waals surface area (Å²) in [6.07, 6.45) is 1.56. The third-order valence-corrected chi connectivity index (χ3v) is 2.50. The lowest BCUT2D eigenvalue weighted by Crippen LogP contribution is -2.16. The van der Waals surface area contributed by atoms with E-state index in [-0.39, 0.29) is 5.91 Å². The van der Waals surface area contributed by atoms with Crippen LogP contribution in [0.15, 0.2) is 15.2 Å². The van der Waals surface area contributed by atoms with Crippen LogP contribution in [0.2, 0.25) is 0 Å². The van der Waals surface area contributed by atoms with Gasteiger partial charge >= 0.3 is 0 Å². The molecule has 1 amide bonds. The Morgan fingerprint density at radius 1 is 1.82 bits per heavy atom. The lowest BCUT2D eigenvalue weighted by atomic mass is 10.3. The molecule has 0 aliphatic rings. The minimum atomic E-state index is -0.366. The molecule has 1 rings (SSSR count). The summed E-state index contributed by atoms with van der Waals surface area (Å²) < 4.78 is 0.876. The van der Waals surface area contributed by atoms with Crippen molar-refractivity contribution in [1.29, 1.82) is 5.26 Å². The Morgan fingerprint density at radius 2 is 2.55 bits per heavy atom. The van der Waals surface area contributed by atoms with Crippen molar-refractivity contribution in [1.82, 2.24) is 5.32 Å². The molecule has 56 valence electrons. The number of carbonyl (C=O) groups is 1. The number of hydrogen-bond donors (Lipinski definition) is 1. The van der Waals surface area contributed by atoms with Crippen molar-refractivity contribution in [3.8, 4) is 6.19 Å². The molecule has 1 aromatic heterocycles. The first kappa shape index (κ1) is 8.24. The first-order valence-electron chi connectivity index (χ1n) is 2.67. The standard InChI is InChI=1S/C6H3BrN2OS/c7-5-1-4(2-11-5)6(10)9-3-8/h1-2H,(H,9,10). The van der Waals surface area contributed by atoms with Crippen LogP contribution in [0.4, 0.5) is 0 Å². The predicted molar refractivity (Wildman–Crippen MR) is 45.1 cm³/mol. The molecule has 1 heterocycles. The number of thiophene rings is 1. The second-order valence-electron chi connectivity index (χ2n) is 1.71. The quantitative estimate of drug-likeness (QED) is 0.591. The monoisotopic (exact) mass is 230 g/mol. The van der Waals surface area contributed by atoms with E-state index in [0.29, 0.717) is 5.56 Å². The van der Waals surface area contributed by atoms with Gasteiger partial charge in [0, 0.05) is 5.38 Å². The lowest BCUT2D eigenvalue weighted by molar-refractivity contribution is 0.0973. The summed E-state index contributed by atoms with van der Waals surface area (Å²) in [7, 11) is 0. The Bertz CT molecular complexity index is 315. The average Bonchev–Trinajstić information content (AvgIpc) is 2.36. The highest BCUT2D eigenvalue weighted by molar-refractivity contribution is 9.11. The highest BCUT2D eigenvalue weighted by Crippen LogP contribution is 2.20. The van der Waals surface area contributed by atoms with Crippen LogP contribution in [0, 0.1) is 11.5 Å². The van der Waals surface area contributed by atoms with Gasteiger partial charge in [0.15, 0.2) is 6.19 Å². The van der Waals surface area contributed by atoms with E-state index in [1.54, 1.807) is 17.6 Å². The predicted octanol–water partition coefficient (Wildman–Crippen LogP) is 1.72. The van der Waals surface area contributed by atoms with Crippen molar-refractivity contribution in [2.24, 2.45) is 0 Å². The minimum Gasteiger partial charge on any atom is -0.268 e. The molecule has 0 bridgehead atoms. The first-order valence-corrected chi connectivity index (χ1v) is 4.35. The molecule has 1 N–H and O–H groups in total. The zero-order valence-corrected chi connectivity index (χ0v) is 7.70. The number of nitrogens with zero attached hydrogens (tertiary/aromatic N) is 1. The zero-order chi connectivity index (χ0) is 8.27. The fourth-order valence-corrected chi connectivity index (χ4v) is 1.69. The normalized spacial score (nSPS) is 8.73. The van der Waals surface area contributed by atoms with Gasteiger partial charge in [0.1, 0.15) is 0 Å². The third kappa shape index (κ3) is 2.03. The number of amides is 1. The van der Waals surface area contributed by atoms with Crippen molar-refractivity contribution in [3.63, 3.8) is 0 Å². The van der Waals surface area contributed by atoms with Gasteiger partial charge in [-0.3, -0.25) is 10.1 Å². The Morgan fingerprint density at radius 3 is 3.00 bits per heavy atom. The van der Waals surface area contributed by atoms with Gasteiger partial charge in [-0.1, -0.05) is 0 Å². The molecule has 0 saturated heterocycles. The second-order valence-corrected chi connectivity index (χ2v) is 4.00. The number of rotatable bonds is 1. The zero-order valence-electron chi connectivity index (χ0n) is 5.30. The molecule has 0 fully saturated rings. The molecule has 0 aromatic carbocycles. The van der Waals surface area contributed by atoms with Crippen LogP contribution in [0.25, 0.3) is 0 Å². The van der Waals surface area contributed by atoms with E-state index in [0.717, 1.165) is 3.79 Å². The average molecular weight is 231 g/mol. The molecule has 0 spiro atoms. The SMILES string of the molecule is N#CNC(=O)c1csc(Br)c1. The maximum Gasteiger partial charge on any atom is 0.265 e.